The zero-order chi connectivity index (χ0) is 20.1. The summed E-state index contributed by atoms with van der Waals surface area (Å²) in [5.74, 6) is 0.243. The second-order valence-electron chi connectivity index (χ2n) is 6.87. The molecule has 0 unspecified atom stereocenters. The van der Waals surface area contributed by atoms with Crippen molar-refractivity contribution in [1.29, 1.82) is 0 Å². The van der Waals surface area contributed by atoms with Gasteiger partial charge in [-0.3, -0.25) is 4.79 Å². The Hall–Kier alpha value is -2.92. The predicted molar refractivity (Wildman–Crippen MR) is 113 cm³/mol. The molecule has 6 heteroatoms. The summed E-state index contributed by atoms with van der Waals surface area (Å²) < 4.78 is 0. The lowest BCUT2D eigenvalue weighted by atomic mass is 10.1. The van der Waals surface area contributed by atoms with E-state index >= 15 is 0 Å². The van der Waals surface area contributed by atoms with E-state index in [-0.39, 0.29) is 11.9 Å². The van der Waals surface area contributed by atoms with Crippen LogP contribution >= 0.6 is 11.6 Å². The highest BCUT2D eigenvalue weighted by molar-refractivity contribution is 6.30. The maximum Gasteiger partial charge on any atom is 0.273 e. The number of halogens is 1. The van der Waals surface area contributed by atoms with Gasteiger partial charge < -0.3 is 10.2 Å². The first kappa shape index (κ1) is 19.8. The minimum atomic E-state index is -0.126. The molecule has 5 nitrogen and oxygen atoms in total. The molecule has 1 aromatic heterocycles. The van der Waals surface area contributed by atoms with Gasteiger partial charge in [-0.25, -0.2) is 9.97 Å². The number of rotatable bonds is 6. The summed E-state index contributed by atoms with van der Waals surface area (Å²) in [6.45, 7) is 6.37. The Labute approximate surface area is 170 Å². The molecule has 0 aliphatic rings. The van der Waals surface area contributed by atoms with E-state index < -0.39 is 0 Å². The van der Waals surface area contributed by atoms with E-state index in [9.17, 15) is 4.79 Å². The highest BCUT2D eigenvalue weighted by Gasteiger charge is 2.21. The molecule has 0 saturated carbocycles. The van der Waals surface area contributed by atoms with Gasteiger partial charge in [-0.15, -0.1) is 0 Å². The SMILES string of the molecule is Cc1cc(C(=O)N(Cc2ccccc2)C(C)C)nc(Nc2cccc(Cl)c2)n1. The summed E-state index contributed by atoms with van der Waals surface area (Å²) in [5, 5.41) is 3.73. The van der Waals surface area contributed by atoms with Crippen molar-refractivity contribution in [3.05, 3.63) is 82.6 Å². The highest BCUT2D eigenvalue weighted by Crippen LogP contribution is 2.19. The van der Waals surface area contributed by atoms with Gasteiger partial charge >= 0.3 is 0 Å². The van der Waals surface area contributed by atoms with Crippen molar-refractivity contribution < 1.29 is 4.79 Å². The van der Waals surface area contributed by atoms with Crippen LogP contribution in [-0.4, -0.2) is 26.8 Å². The molecule has 28 heavy (non-hydrogen) atoms. The van der Waals surface area contributed by atoms with Gasteiger partial charge in [0.25, 0.3) is 5.91 Å². The van der Waals surface area contributed by atoms with Crippen molar-refractivity contribution in [1.82, 2.24) is 14.9 Å². The number of carbonyl (C=O) groups is 1. The number of nitrogens with zero attached hydrogens (tertiary/aromatic N) is 3. The van der Waals surface area contributed by atoms with Crippen molar-refractivity contribution in [2.45, 2.75) is 33.4 Å². The van der Waals surface area contributed by atoms with E-state index in [4.69, 9.17) is 11.6 Å². The van der Waals surface area contributed by atoms with Gasteiger partial charge in [-0.05, 0) is 50.6 Å². The molecule has 0 aliphatic heterocycles. The molecule has 0 spiro atoms. The fraction of sp³-hybridized carbons (Fsp3) is 0.227. The monoisotopic (exact) mass is 394 g/mol. The first-order chi connectivity index (χ1) is 13.4. The van der Waals surface area contributed by atoms with Crippen LogP contribution in [0.2, 0.25) is 5.02 Å². The first-order valence-corrected chi connectivity index (χ1v) is 9.53. The molecule has 1 N–H and O–H groups in total. The summed E-state index contributed by atoms with van der Waals surface area (Å²) in [5.41, 5.74) is 2.92. The van der Waals surface area contributed by atoms with Crippen LogP contribution in [0.3, 0.4) is 0 Å². The normalized spacial score (nSPS) is 10.8. The average Bonchev–Trinajstić information content (AvgIpc) is 2.66. The molecule has 0 aliphatic carbocycles. The Balaban J connectivity index is 1.86. The van der Waals surface area contributed by atoms with Crippen molar-refractivity contribution in [3.8, 4) is 0 Å². The second-order valence-corrected chi connectivity index (χ2v) is 7.30. The van der Waals surface area contributed by atoms with Gasteiger partial charge in [0.2, 0.25) is 5.95 Å². The quantitative estimate of drug-likeness (QED) is 0.621. The standard InChI is InChI=1S/C22H23ClN4O/c1-15(2)27(14-17-8-5-4-6-9-17)21(28)20-12-16(3)24-22(26-20)25-19-11-7-10-18(23)13-19/h4-13,15H,14H2,1-3H3,(H,24,25,26). The lowest BCUT2D eigenvalue weighted by molar-refractivity contribution is 0.0684. The van der Waals surface area contributed by atoms with Gasteiger partial charge in [-0.2, -0.15) is 0 Å². The minimum absolute atomic E-state index is 0.0346. The number of amides is 1. The summed E-state index contributed by atoms with van der Waals surface area (Å²) in [4.78, 5) is 23.8. The van der Waals surface area contributed by atoms with Crippen LogP contribution < -0.4 is 5.32 Å². The zero-order valence-electron chi connectivity index (χ0n) is 16.2. The van der Waals surface area contributed by atoms with Gasteiger partial charge in [-0.1, -0.05) is 48.0 Å². The van der Waals surface area contributed by atoms with E-state index in [1.54, 1.807) is 23.1 Å². The fourth-order valence-electron chi connectivity index (χ4n) is 2.85. The molecule has 144 valence electrons. The number of aromatic nitrogens is 2. The largest absolute Gasteiger partial charge is 0.331 e. The third-order valence-corrected chi connectivity index (χ3v) is 4.47. The van der Waals surface area contributed by atoms with E-state index in [1.165, 1.54) is 0 Å². The Bertz CT molecular complexity index is 960. The van der Waals surface area contributed by atoms with E-state index in [2.05, 4.69) is 15.3 Å². The van der Waals surface area contributed by atoms with E-state index in [1.807, 2.05) is 63.2 Å². The first-order valence-electron chi connectivity index (χ1n) is 9.15. The summed E-state index contributed by atoms with van der Waals surface area (Å²) >= 11 is 6.04. The highest BCUT2D eigenvalue weighted by atomic mass is 35.5. The summed E-state index contributed by atoms with van der Waals surface area (Å²) in [6, 6.07) is 19.0. The third kappa shape index (κ3) is 5.08. The number of aryl methyl sites for hydroxylation is 1. The molecule has 0 atom stereocenters. The predicted octanol–water partition coefficient (Wildman–Crippen LogP) is 5.23. The molecule has 1 heterocycles. The number of hydrogen-bond acceptors (Lipinski definition) is 4. The number of benzene rings is 2. The number of anilines is 2. The van der Waals surface area contributed by atoms with E-state index in [0.29, 0.717) is 28.9 Å². The molecule has 0 fully saturated rings. The molecule has 0 saturated heterocycles. The molecule has 1 amide bonds. The van der Waals surface area contributed by atoms with Crippen LogP contribution in [0.15, 0.2) is 60.7 Å². The van der Waals surface area contributed by atoms with Crippen LogP contribution in [0, 0.1) is 6.92 Å². The zero-order valence-corrected chi connectivity index (χ0v) is 16.9. The van der Waals surface area contributed by atoms with E-state index in [0.717, 1.165) is 11.3 Å². The Kier molecular flexibility index (Phi) is 6.26. The molecule has 3 rings (SSSR count). The number of hydrogen-bond donors (Lipinski definition) is 1. The minimum Gasteiger partial charge on any atom is -0.331 e. The average molecular weight is 395 g/mol. The lowest BCUT2D eigenvalue weighted by Gasteiger charge is -2.26. The van der Waals surface area contributed by atoms with Crippen LogP contribution in [0.5, 0.6) is 0 Å². The molecule has 0 bridgehead atoms. The molecule has 2 aromatic carbocycles. The lowest BCUT2D eigenvalue weighted by Crippen LogP contribution is -2.37. The molecule has 3 aromatic rings. The van der Waals surface area contributed by atoms with Crippen LogP contribution in [0.4, 0.5) is 11.6 Å². The van der Waals surface area contributed by atoms with Gasteiger partial charge in [0.05, 0.1) is 0 Å². The van der Waals surface area contributed by atoms with Crippen LogP contribution in [0.25, 0.3) is 0 Å². The second kappa shape index (κ2) is 8.85. The molecular formula is C22H23ClN4O. The Morgan fingerprint density at radius 3 is 2.50 bits per heavy atom. The Morgan fingerprint density at radius 2 is 1.82 bits per heavy atom. The molecule has 0 radical (unpaired) electrons. The maximum absolute atomic E-state index is 13.2. The van der Waals surface area contributed by atoms with Crippen LogP contribution in [-0.2, 0) is 6.54 Å². The topological polar surface area (TPSA) is 58.1 Å². The van der Waals surface area contributed by atoms with Crippen molar-refractivity contribution in [2.75, 3.05) is 5.32 Å². The fourth-order valence-corrected chi connectivity index (χ4v) is 3.04. The van der Waals surface area contributed by atoms with Gasteiger partial charge in [0, 0.05) is 29.0 Å². The third-order valence-electron chi connectivity index (χ3n) is 4.23. The summed E-state index contributed by atoms with van der Waals surface area (Å²) in [6.07, 6.45) is 0. The Morgan fingerprint density at radius 1 is 1.07 bits per heavy atom. The maximum atomic E-state index is 13.2. The smallest absolute Gasteiger partial charge is 0.273 e. The van der Waals surface area contributed by atoms with Gasteiger partial charge in [0.1, 0.15) is 5.69 Å². The number of nitrogens with one attached hydrogen (secondary N) is 1. The van der Waals surface area contributed by atoms with Crippen molar-refractivity contribution in [3.63, 3.8) is 0 Å². The van der Waals surface area contributed by atoms with Crippen LogP contribution in [0.1, 0.15) is 35.6 Å². The van der Waals surface area contributed by atoms with Crippen molar-refractivity contribution >= 4 is 29.1 Å². The summed E-state index contributed by atoms with van der Waals surface area (Å²) in [7, 11) is 0. The number of carbonyl (C=O) groups excluding carboxylic acids is 1. The van der Waals surface area contributed by atoms with Gasteiger partial charge in [0.15, 0.2) is 0 Å². The molecular weight excluding hydrogens is 372 g/mol. The van der Waals surface area contributed by atoms with Crippen molar-refractivity contribution in [2.24, 2.45) is 0 Å².